The van der Waals surface area contributed by atoms with Crippen LogP contribution in [0.4, 0.5) is 5.00 Å². The Morgan fingerprint density at radius 2 is 1.74 bits per heavy atom. The number of hydrogen-bond donors (Lipinski definition) is 1. The molecule has 2 aromatic carbocycles. The van der Waals surface area contributed by atoms with Crippen molar-refractivity contribution in [1.29, 1.82) is 0 Å². The molecule has 0 spiro atoms. The highest BCUT2D eigenvalue weighted by atomic mass is 32.1. The summed E-state index contributed by atoms with van der Waals surface area (Å²) < 4.78 is 1.15. The molecule has 1 N–H and O–H groups in total. The van der Waals surface area contributed by atoms with E-state index in [1.54, 1.807) is 28.7 Å². The lowest BCUT2D eigenvalue weighted by atomic mass is 10.1. The number of aromatic nitrogens is 1. The van der Waals surface area contributed by atoms with Gasteiger partial charge >= 0.3 is 0 Å². The lowest BCUT2D eigenvalue weighted by Gasteiger charge is -2.03. The maximum Gasteiger partial charge on any atom is 0.249 e. The summed E-state index contributed by atoms with van der Waals surface area (Å²) in [4.78, 5) is 18.4. The van der Waals surface area contributed by atoms with Crippen molar-refractivity contribution in [2.75, 3.05) is 5.32 Å². The van der Waals surface area contributed by atoms with E-state index >= 15 is 0 Å². The maximum atomic E-state index is 12.5. The highest BCUT2D eigenvalue weighted by molar-refractivity contribution is 7.22. The molecular weight excluding hydrogens is 372 g/mol. The van der Waals surface area contributed by atoms with Crippen LogP contribution in [-0.4, -0.2) is 10.9 Å². The summed E-state index contributed by atoms with van der Waals surface area (Å²) >= 11 is 3.25. The zero-order chi connectivity index (χ0) is 18.8. The van der Waals surface area contributed by atoms with Crippen LogP contribution in [0.1, 0.15) is 16.0 Å². The van der Waals surface area contributed by atoms with Crippen molar-refractivity contribution in [3.8, 4) is 10.6 Å². The van der Waals surface area contributed by atoms with Gasteiger partial charge in [-0.05, 0) is 43.2 Å². The molecule has 0 atom stereocenters. The topological polar surface area (TPSA) is 42.0 Å². The number of nitrogens with one attached hydrogen (secondary N) is 1. The molecular formula is C22H18N2OS2. The lowest BCUT2D eigenvalue weighted by molar-refractivity contribution is -0.111. The Balaban J connectivity index is 1.64. The van der Waals surface area contributed by atoms with E-state index in [0.717, 1.165) is 31.4 Å². The first-order valence-electron chi connectivity index (χ1n) is 8.62. The van der Waals surface area contributed by atoms with Crippen LogP contribution in [0.2, 0.25) is 0 Å². The van der Waals surface area contributed by atoms with Crippen LogP contribution in [0.5, 0.6) is 0 Å². The molecule has 5 heteroatoms. The number of thiophene rings is 1. The molecule has 0 unspecified atom stereocenters. The number of thiazole rings is 1. The van der Waals surface area contributed by atoms with Crippen LogP contribution in [0.25, 0.3) is 26.9 Å². The Morgan fingerprint density at radius 3 is 2.52 bits per heavy atom. The van der Waals surface area contributed by atoms with Crippen LogP contribution in [0.3, 0.4) is 0 Å². The van der Waals surface area contributed by atoms with Gasteiger partial charge in [0.1, 0.15) is 10.0 Å². The smallest absolute Gasteiger partial charge is 0.249 e. The minimum absolute atomic E-state index is 0.137. The normalized spacial score (nSPS) is 11.3. The van der Waals surface area contributed by atoms with Crippen LogP contribution < -0.4 is 5.32 Å². The fourth-order valence-corrected chi connectivity index (χ4v) is 5.05. The van der Waals surface area contributed by atoms with E-state index in [1.807, 2.05) is 54.6 Å². The molecule has 0 fully saturated rings. The van der Waals surface area contributed by atoms with Gasteiger partial charge in [-0.3, -0.25) is 4.79 Å². The highest BCUT2D eigenvalue weighted by Crippen LogP contribution is 2.42. The van der Waals surface area contributed by atoms with E-state index in [1.165, 1.54) is 10.4 Å². The van der Waals surface area contributed by atoms with Crippen LogP contribution in [-0.2, 0) is 4.79 Å². The molecule has 1 amide bonds. The summed E-state index contributed by atoms with van der Waals surface area (Å²) in [6, 6.07) is 17.9. The molecule has 2 heterocycles. The summed E-state index contributed by atoms with van der Waals surface area (Å²) in [5, 5.41) is 4.84. The number of rotatable bonds is 4. The van der Waals surface area contributed by atoms with Crippen molar-refractivity contribution in [2.45, 2.75) is 13.8 Å². The fourth-order valence-electron chi connectivity index (χ4n) is 2.84. The van der Waals surface area contributed by atoms with Gasteiger partial charge in [-0.1, -0.05) is 42.5 Å². The first-order chi connectivity index (χ1) is 13.1. The molecule has 0 saturated heterocycles. The molecule has 27 heavy (non-hydrogen) atoms. The molecule has 0 aliphatic carbocycles. The third-order valence-electron chi connectivity index (χ3n) is 4.36. The third-order valence-corrected chi connectivity index (χ3v) is 6.53. The van der Waals surface area contributed by atoms with Gasteiger partial charge in [0.15, 0.2) is 0 Å². The van der Waals surface area contributed by atoms with E-state index in [0.29, 0.717) is 0 Å². The molecule has 0 bridgehead atoms. The number of fused-ring (bicyclic) bond motifs is 1. The summed E-state index contributed by atoms with van der Waals surface area (Å²) in [6.07, 6.45) is 3.39. The Bertz CT molecular complexity index is 1110. The molecule has 4 aromatic rings. The second kappa shape index (κ2) is 7.47. The Labute approximate surface area is 166 Å². The number of carbonyl (C=O) groups is 1. The van der Waals surface area contributed by atoms with E-state index in [9.17, 15) is 4.79 Å². The summed E-state index contributed by atoms with van der Waals surface area (Å²) in [5.74, 6) is -0.137. The van der Waals surface area contributed by atoms with Crippen molar-refractivity contribution < 1.29 is 4.79 Å². The summed E-state index contributed by atoms with van der Waals surface area (Å²) in [5.41, 5.74) is 4.18. The maximum absolute atomic E-state index is 12.5. The average molecular weight is 391 g/mol. The van der Waals surface area contributed by atoms with Crippen molar-refractivity contribution >= 4 is 49.9 Å². The van der Waals surface area contributed by atoms with E-state index in [2.05, 4.69) is 25.2 Å². The van der Waals surface area contributed by atoms with Crippen LogP contribution in [0, 0.1) is 13.8 Å². The van der Waals surface area contributed by atoms with Crippen molar-refractivity contribution in [2.24, 2.45) is 0 Å². The Kier molecular flexibility index (Phi) is 4.88. The van der Waals surface area contributed by atoms with Gasteiger partial charge in [-0.15, -0.1) is 22.7 Å². The van der Waals surface area contributed by atoms with Gasteiger partial charge in [0.05, 0.1) is 10.2 Å². The molecule has 3 nitrogen and oxygen atoms in total. The van der Waals surface area contributed by atoms with Crippen LogP contribution in [0.15, 0.2) is 60.7 Å². The first-order valence-corrected chi connectivity index (χ1v) is 10.2. The van der Waals surface area contributed by atoms with E-state index < -0.39 is 0 Å². The SMILES string of the molecule is Cc1sc(NC(=O)/C=C/c2ccccc2)c(-c2nc3ccccc3s2)c1C. The highest BCUT2D eigenvalue weighted by Gasteiger charge is 2.19. The quantitative estimate of drug-likeness (QED) is 0.416. The van der Waals surface area contributed by atoms with E-state index in [-0.39, 0.29) is 5.91 Å². The minimum atomic E-state index is -0.137. The lowest BCUT2D eigenvalue weighted by Crippen LogP contribution is -2.07. The predicted molar refractivity (Wildman–Crippen MR) is 117 cm³/mol. The number of para-hydroxylation sites is 1. The molecule has 0 saturated carbocycles. The third kappa shape index (κ3) is 3.70. The predicted octanol–water partition coefficient (Wildman–Crippen LogP) is 6.29. The van der Waals surface area contributed by atoms with Crippen molar-refractivity contribution in [3.63, 3.8) is 0 Å². The molecule has 2 aromatic heterocycles. The number of carbonyl (C=O) groups excluding carboxylic acids is 1. The monoisotopic (exact) mass is 390 g/mol. The Morgan fingerprint density at radius 1 is 1.00 bits per heavy atom. The number of benzene rings is 2. The largest absolute Gasteiger partial charge is 0.313 e. The van der Waals surface area contributed by atoms with Crippen molar-refractivity contribution in [1.82, 2.24) is 4.98 Å². The number of amides is 1. The number of hydrogen-bond acceptors (Lipinski definition) is 4. The molecule has 0 aliphatic rings. The molecule has 0 aliphatic heterocycles. The molecule has 0 radical (unpaired) electrons. The second-order valence-electron chi connectivity index (χ2n) is 6.21. The van der Waals surface area contributed by atoms with Crippen molar-refractivity contribution in [3.05, 3.63) is 76.7 Å². The van der Waals surface area contributed by atoms with Gasteiger partial charge < -0.3 is 5.32 Å². The standard InChI is InChI=1S/C22H18N2OS2/c1-14-15(2)26-22(24-19(25)13-12-16-8-4-3-5-9-16)20(14)21-23-17-10-6-7-11-18(17)27-21/h3-13H,1-2H3,(H,24,25)/b13-12+. The Hall–Kier alpha value is -2.76. The van der Waals surface area contributed by atoms with Gasteiger partial charge in [0.25, 0.3) is 0 Å². The molecule has 4 rings (SSSR count). The first kappa shape index (κ1) is 17.6. The fraction of sp³-hybridized carbons (Fsp3) is 0.0909. The average Bonchev–Trinajstić information content (AvgIpc) is 3.21. The summed E-state index contributed by atoms with van der Waals surface area (Å²) in [7, 11) is 0. The van der Waals surface area contributed by atoms with Crippen LogP contribution >= 0.6 is 22.7 Å². The van der Waals surface area contributed by atoms with Gasteiger partial charge in [-0.2, -0.15) is 0 Å². The van der Waals surface area contributed by atoms with E-state index in [4.69, 9.17) is 4.98 Å². The minimum Gasteiger partial charge on any atom is -0.313 e. The summed E-state index contributed by atoms with van der Waals surface area (Å²) in [6.45, 7) is 4.16. The zero-order valence-electron chi connectivity index (χ0n) is 15.0. The number of nitrogens with zero attached hydrogens (tertiary/aromatic N) is 1. The van der Waals surface area contributed by atoms with Gasteiger partial charge in [0, 0.05) is 16.5 Å². The number of aryl methyl sites for hydroxylation is 1. The number of anilines is 1. The zero-order valence-corrected chi connectivity index (χ0v) is 16.7. The molecule has 134 valence electrons. The second-order valence-corrected chi connectivity index (χ2v) is 8.46. The van der Waals surface area contributed by atoms with Gasteiger partial charge in [-0.25, -0.2) is 4.98 Å². The van der Waals surface area contributed by atoms with Gasteiger partial charge in [0.2, 0.25) is 5.91 Å².